The van der Waals surface area contributed by atoms with Gasteiger partial charge in [-0.3, -0.25) is 14.5 Å². The van der Waals surface area contributed by atoms with Crippen LogP contribution in [0, 0.1) is 5.82 Å². The quantitative estimate of drug-likeness (QED) is 0.201. The van der Waals surface area contributed by atoms with Gasteiger partial charge in [-0.2, -0.15) is 0 Å². The van der Waals surface area contributed by atoms with Gasteiger partial charge in [0.25, 0.3) is 11.7 Å². The number of ketones is 1. The van der Waals surface area contributed by atoms with E-state index in [2.05, 4.69) is 0 Å². The van der Waals surface area contributed by atoms with Crippen molar-refractivity contribution in [2.24, 2.45) is 0 Å². The van der Waals surface area contributed by atoms with Crippen molar-refractivity contribution in [2.45, 2.75) is 6.04 Å². The van der Waals surface area contributed by atoms with Crippen LogP contribution in [0.15, 0.2) is 54.1 Å². The number of methoxy groups -OCH3 is 2. The SMILES string of the molecule is COc1c(Cl)cc(/C(O)=C2\C(=O)C(=O)N(c3ccc(F)cc3)C2c2ccc(Cl)c(Cl)c2)c(OC)c1Cl. The summed E-state index contributed by atoms with van der Waals surface area (Å²) >= 11 is 25.0. The number of rotatable bonds is 5. The van der Waals surface area contributed by atoms with Gasteiger partial charge in [0.2, 0.25) is 0 Å². The maximum absolute atomic E-state index is 13.6. The Bertz CT molecular complexity index is 1420. The van der Waals surface area contributed by atoms with Crippen molar-refractivity contribution >= 4 is 69.5 Å². The molecule has 1 aliphatic heterocycles. The van der Waals surface area contributed by atoms with E-state index in [0.717, 1.165) is 17.0 Å². The molecule has 0 bridgehead atoms. The van der Waals surface area contributed by atoms with E-state index in [1.807, 2.05) is 0 Å². The number of anilines is 1. The van der Waals surface area contributed by atoms with Gasteiger partial charge in [0.05, 0.1) is 46.5 Å². The third-order valence-electron chi connectivity index (χ3n) is 5.60. The highest BCUT2D eigenvalue weighted by molar-refractivity contribution is 6.52. The molecule has 36 heavy (non-hydrogen) atoms. The zero-order valence-corrected chi connectivity index (χ0v) is 21.6. The van der Waals surface area contributed by atoms with E-state index in [1.165, 1.54) is 44.6 Å². The number of aliphatic hydroxyl groups is 1. The van der Waals surface area contributed by atoms with Crippen LogP contribution in [0.1, 0.15) is 17.2 Å². The zero-order valence-electron chi connectivity index (χ0n) is 18.6. The molecule has 11 heteroatoms. The van der Waals surface area contributed by atoms with Crippen molar-refractivity contribution in [1.82, 2.24) is 0 Å². The van der Waals surface area contributed by atoms with Gasteiger partial charge < -0.3 is 14.6 Å². The summed E-state index contributed by atoms with van der Waals surface area (Å²) in [7, 11) is 2.66. The molecule has 3 aromatic rings. The van der Waals surface area contributed by atoms with Gasteiger partial charge in [-0.25, -0.2) is 4.39 Å². The predicted octanol–water partition coefficient (Wildman–Crippen LogP) is 7.08. The summed E-state index contributed by atoms with van der Waals surface area (Å²) < 4.78 is 24.2. The fourth-order valence-electron chi connectivity index (χ4n) is 3.99. The summed E-state index contributed by atoms with van der Waals surface area (Å²) in [6.45, 7) is 0. The Morgan fingerprint density at radius 1 is 0.889 bits per heavy atom. The summed E-state index contributed by atoms with van der Waals surface area (Å²) in [5.74, 6) is -3.02. The maximum Gasteiger partial charge on any atom is 0.300 e. The number of carbonyl (C=O) groups is 2. The van der Waals surface area contributed by atoms with Crippen LogP contribution >= 0.6 is 46.4 Å². The van der Waals surface area contributed by atoms with Gasteiger partial charge in [-0.15, -0.1) is 0 Å². The van der Waals surface area contributed by atoms with E-state index in [-0.39, 0.29) is 48.4 Å². The van der Waals surface area contributed by atoms with E-state index >= 15 is 0 Å². The Balaban J connectivity index is 2.03. The average molecular weight is 571 g/mol. The molecule has 1 N–H and O–H groups in total. The normalized spacial score (nSPS) is 17.0. The molecule has 1 heterocycles. The van der Waals surface area contributed by atoms with Crippen LogP contribution in [0.5, 0.6) is 11.5 Å². The number of nitrogens with zero attached hydrogens (tertiary/aromatic N) is 1. The molecule has 4 rings (SSSR count). The van der Waals surface area contributed by atoms with Crippen molar-refractivity contribution in [1.29, 1.82) is 0 Å². The van der Waals surface area contributed by atoms with Crippen LogP contribution in [0.3, 0.4) is 0 Å². The minimum Gasteiger partial charge on any atom is -0.507 e. The molecule has 3 aromatic carbocycles. The number of aliphatic hydroxyl groups excluding tert-OH is 1. The van der Waals surface area contributed by atoms with Crippen LogP contribution in [-0.4, -0.2) is 31.0 Å². The minimum atomic E-state index is -1.16. The van der Waals surface area contributed by atoms with E-state index in [1.54, 1.807) is 6.07 Å². The second kappa shape index (κ2) is 10.2. The molecule has 1 unspecified atom stereocenters. The Labute approximate surface area is 225 Å². The Hall–Kier alpha value is -2.97. The van der Waals surface area contributed by atoms with E-state index in [4.69, 9.17) is 55.9 Å². The molecule has 6 nitrogen and oxygen atoms in total. The molecule has 0 aromatic heterocycles. The molecule has 1 amide bonds. The molecule has 0 spiro atoms. The number of halogens is 5. The third kappa shape index (κ3) is 4.37. The van der Waals surface area contributed by atoms with Crippen LogP contribution < -0.4 is 14.4 Å². The van der Waals surface area contributed by atoms with Gasteiger partial charge in [0.15, 0.2) is 11.5 Å². The van der Waals surface area contributed by atoms with Crippen molar-refractivity contribution in [3.05, 3.63) is 91.1 Å². The van der Waals surface area contributed by atoms with Gasteiger partial charge in [0, 0.05) is 5.69 Å². The molecule has 1 aliphatic rings. The highest BCUT2D eigenvalue weighted by Gasteiger charge is 2.47. The molecule has 1 saturated heterocycles. The predicted molar refractivity (Wildman–Crippen MR) is 137 cm³/mol. The van der Waals surface area contributed by atoms with Gasteiger partial charge in [0.1, 0.15) is 16.6 Å². The zero-order chi connectivity index (χ0) is 26.3. The first-order valence-corrected chi connectivity index (χ1v) is 11.7. The standard InChI is InChI=1S/C25H16Cl4FNO5/c1-35-23-14(10-17(28)24(36-2)19(23)29)21(32)18-20(11-3-8-15(26)16(27)9-11)31(25(34)22(18)33)13-6-4-12(30)5-7-13/h3-10,20,32H,1-2H3/b21-18+. The maximum atomic E-state index is 13.6. The number of ether oxygens (including phenoxy) is 2. The fourth-order valence-corrected chi connectivity index (χ4v) is 4.98. The lowest BCUT2D eigenvalue weighted by Crippen LogP contribution is -2.29. The number of hydrogen-bond donors (Lipinski definition) is 1. The highest BCUT2D eigenvalue weighted by atomic mass is 35.5. The molecular weight excluding hydrogens is 555 g/mol. The first-order chi connectivity index (χ1) is 17.1. The van der Waals surface area contributed by atoms with Crippen molar-refractivity contribution in [3.63, 3.8) is 0 Å². The van der Waals surface area contributed by atoms with Gasteiger partial charge in [-0.1, -0.05) is 52.5 Å². The molecule has 0 aliphatic carbocycles. The average Bonchev–Trinajstić information content (AvgIpc) is 3.11. The number of Topliss-reactive ketones (excluding diaryl/α,β-unsaturated/α-hetero) is 1. The number of hydrogen-bond acceptors (Lipinski definition) is 5. The lowest BCUT2D eigenvalue weighted by molar-refractivity contribution is -0.132. The monoisotopic (exact) mass is 569 g/mol. The lowest BCUT2D eigenvalue weighted by atomic mass is 9.94. The molecule has 0 radical (unpaired) electrons. The molecular formula is C25H16Cl4FNO5. The molecule has 1 atom stereocenters. The first-order valence-electron chi connectivity index (χ1n) is 10.2. The topological polar surface area (TPSA) is 76.1 Å². The third-order valence-corrected chi connectivity index (χ3v) is 6.97. The summed E-state index contributed by atoms with van der Waals surface area (Å²) in [6, 6.07) is 9.63. The number of benzene rings is 3. The molecule has 186 valence electrons. The second-order valence-corrected chi connectivity index (χ2v) is 9.21. The fraction of sp³-hybridized carbons (Fsp3) is 0.120. The summed E-state index contributed by atoms with van der Waals surface area (Å²) in [5, 5.41) is 11.8. The Morgan fingerprint density at radius 3 is 2.11 bits per heavy atom. The van der Waals surface area contributed by atoms with E-state index in [0.29, 0.717) is 5.56 Å². The van der Waals surface area contributed by atoms with Crippen LogP contribution in [0.2, 0.25) is 20.1 Å². The van der Waals surface area contributed by atoms with E-state index in [9.17, 15) is 19.1 Å². The minimum absolute atomic E-state index is 0.0312. The van der Waals surface area contributed by atoms with Crippen LogP contribution in [-0.2, 0) is 9.59 Å². The summed E-state index contributed by atoms with van der Waals surface area (Å²) in [4.78, 5) is 27.7. The van der Waals surface area contributed by atoms with Crippen molar-refractivity contribution in [2.75, 3.05) is 19.1 Å². The van der Waals surface area contributed by atoms with Crippen molar-refractivity contribution < 1.29 is 28.6 Å². The van der Waals surface area contributed by atoms with Crippen LogP contribution in [0.25, 0.3) is 5.76 Å². The van der Waals surface area contributed by atoms with Gasteiger partial charge in [-0.05, 0) is 48.0 Å². The van der Waals surface area contributed by atoms with Crippen molar-refractivity contribution in [3.8, 4) is 11.5 Å². The number of carbonyl (C=O) groups excluding carboxylic acids is 2. The summed E-state index contributed by atoms with van der Waals surface area (Å²) in [5.41, 5.74) is 0.235. The van der Waals surface area contributed by atoms with Gasteiger partial charge >= 0.3 is 0 Å². The lowest BCUT2D eigenvalue weighted by Gasteiger charge is -2.26. The molecule has 0 saturated carbocycles. The number of amides is 1. The highest BCUT2D eigenvalue weighted by Crippen LogP contribution is 2.48. The largest absolute Gasteiger partial charge is 0.507 e. The summed E-state index contributed by atoms with van der Waals surface area (Å²) in [6.07, 6.45) is 0. The molecule has 1 fully saturated rings. The van der Waals surface area contributed by atoms with E-state index < -0.39 is 29.3 Å². The first kappa shape index (κ1) is 26.1. The van der Waals surface area contributed by atoms with Crippen LogP contribution in [0.4, 0.5) is 10.1 Å². The Morgan fingerprint density at radius 2 is 1.53 bits per heavy atom. The smallest absolute Gasteiger partial charge is 0.300 e. The second-order valence-electron chi connectivity index (χ2n) is 7.61. The Kier molecular flexibility index (Phi) is 7.38.